The zero-order valence-electron chi connectivity index (χ0n) is 16.4. The fourth-order valence-corrected chi connectivity index (χ4v) is 2.56. The van der Waals surface area contributed by atoms with E-state index in [-0.39, 0.29) is 0 Å². The molecule has 146 valence electrons. The third kappa shape index (κ3) is 8.71. The Bertz CT molecular complexity index is 674. The monoisotopic (exact) mass is 369 g/mol. The van der Waals surface area contributed by atoms with Gasteiger partial charge >= 0.3 is 0 Å². The first-order valence-electron chi connectivity index (χ1n) is 9.61. The first-order chi connectivity index (χ1) is 13.3. The van der Waals surface area contributed by atoms with Crippen LogP contribution in [0.15, 0.2) is 59.6 Å². The van der Waals surface area contributed by atoms with Crippen molar-refractivity contribution in [3.8, 4) is 0 Å². The minimum atomic E-state index is 0.594. The quantitative estimate of drug-likeness (QED) is 0.362. The Morgan fingerprint density at radius 1 is 0.852 bits per heavy atom. The maximum Gasteiger partial charge on any atom is 0.191 e. The molecule has 0 aliphatic heterocycles. The van der Waals surface area contributed by atoms with E-state index in [9.17, 15) is 0 Å². The van der Waals surface area contributed by atoms with Crippen LogP contribution in [0.2, 0.25) is 0 Å². The molecular formula is C22H31N3O2. The number of nitrogens with zero attached hydrogens (tertiary/aromatic N) is 1. The molecule has 0 amide bonds. The molecule has 5 nitrogen and oxygen atoms in total. The largest absolute Gasteiger partial charge is 0.379 e. The minimum Gasteiger partial charge on any atom is -0.379 e. The molecule has 0 bridgehead atoms. The van der Waals surface area contributed by atoms with Crippen LogP contribution in [0, 0.1) is 0 Å². The number of nitrogens with one attached hydrogen (secondary N) is 2. The van der Waals surface area contributed by atoms with Crippen LogP contribution in [0.1, 0.15) is 30.5 Å². The standard InChI is InChI=1S/C22H31N3O2/c1-3-23-22(24-16-19-9-6-5-7-10-19)25-17-20-11-8-12-21(15-20)18-27-14-13-26-4-2/h5-12,15H,3-4,13-14,16-18H2,1-2H3,(H2,23,24,25). The maximum atomic E-state index is 5.64. The molecule has 0 aliphatic rings. The van der Waals surface area contributed by atoms with Crippen molar-refractivity contribution in [3.05, 3.63) is 71.3 Å². The summed E-state index contributed by atoms with van der Waals surface area (Å²) in [6.07, 6.45) is 0. The highest BCUT2D eigenvalue weighted by Crippen LogP contribution is 2.08. The molecule has 0 radical (unpaired) electrons. The van der Waals surface area contributed by atoms with E-state index in [1.807, 2.05) is 25.1 Å². The predicted octanol–water partition coefficient (Wildman–Crippen LogP) is 3.50. The van der Waals surface area contributed by atoms with Crippen molar-refractivity contribution < 1.29 is 9.47 Å². The van der Waals surface area contributed by atoms with E-state index in [4.69, 9.17) is 14.5 Å². The Morgan fingerprint density at radius 2 is 1.59 bits per heavy atom. The van der Waals surface area contributed by atoms with E-state index in [1.165, 1.54) is 5.56 Å². The Hall–Kier alpha value is -2.37. The van der Waals surface area contributed by atoms with Gasteiger partial charge in [-0.1, -0.05) is 54.6 Å². The highest BCUT2D eigenvalue weighted by molar-refractivity contribution is 5.79. The first-order valence-corrected chi connectivity index (χ1v) is 9.61. The molecule has 0 aliphatic carbocycles. The molecule has 27 heavy (non-hydrogen) atoms. The topological polar surface area (TPSA) is 54.9 Å². The SMILES string of the molecule is CCNC(=NCc1cccc(COCCOCC)c1)NCc1ccccc1. The Labute approximate surface area is 162 Å². The summed E-state index contributed by atoms with van der Waals surface area (Å²) in [5.74, 6) is 0.819. The number of guanidine groups is 1. The Balaban J connectivity index is 1.85. The number of aliphatic imine (C=N–C) groups is 1. The highest BCUT2D eigenvalue weighted by Gasteiger charge is 2.00. The fourth-order valence-electron chi connectivity index (χ4n) is 2.56. The number of hydrogen-bond acceptors (Lipinski definition) is 3. The van der Waals surface area contributed by atoms with Crippen molar-refractivity contribution >= 4 is 5.96 Å². The molecule has 2 aromatic carbocycles. The normalized spacial score (nSPS) is 11.4. The van der Waals surface area contributed by atoms with Crippen LogP contribution in [0.3, 0.4) is 0 Å². The van der Waals surface area contributed by atoms with Gasteiger partial charge in [-0.2, -0.15) is 0 Å². The van der Waals surface area contributed by atoms with Crippen LogP contribution in [0.25, 0.3) is 0 Å². The van der Waals surface area contributed by atoms with E-state index >= 15 is 0 Å². The van der Waals surface area contributed by atoms with Gasteiger partial charge in [0.05, 0.1) is 26.4 Å². The Morgan fingerprint density at radius 3 is 2.37 bits per heavy atom. The highest BCUT2D eigenvalue weighted by atomic mass is 16.5. The summed E-state index contributed by atoms with van der Waals surface area (Å²) in [7, 11) is 0. The van der Waals surface area contributed by atoms with Crippen LogP contribution in [0.5, 0.6) is 0 Å². The molecule has 0 unspecified atom stereocenters. The third-order valence-electron chi connectivity index (χ3n) is 3.90. The average Bonchev–Trinajstić information content (AvgIpc) is 2.71. The molecule has 0 aromatic heterocycles. The van der Waals surface area contributed by atoms with Crippen LogP contribution >= 0.6 is 0 Å². The molecule has 0 saturated heterocycles. The lowest BCUT2D eigenvalue weighted by Crippen LogP contribution is -2.36. The number of benzene rings is 2. The molecule has 5 heteroatoms. The van der Waals surface area contributed by atoms with Crippen LogP contribution in [0.4, 0.5) is 0 Å². The summed E-state index contributed by atoms with van der Waals surface area (Å²) < 4.78 is 10.9. The zero-order chi connectivity index (χ0) is 19.2. The fraction of sp³-hybridized carbons (Fsp3) is 0.409. The Kier molecular flexibility index (Phi) is 10.0. The second kappa shape index (κ2) is 12.9. The van der Waals surface area contributed by atoms with Gasteiger partial charge < -0.3 is 20.1 Å². The van der Waals surface area contributed by atoms with Crippen LogP contribution < -0.4 is 10.6 Å². The summed E-state index contributed by atoms with van der Waals surface area (Å²) >= 11 is 0. The molecule has 0 heterocycles. The second-order valence-electron chi connectivity index (χ2n) is 6.10. The van der Waals surface area contributed by atoms with E-state index in [0.717, 1.165) is 36.8 Å². The van der Waals surface area contributed by atoms with Gasteiger partial charge in [0.25, 0.3) is 0 Å². The summed E-state index contributed by atoms with van der Waals surface area (Å²) in [6, 6.07) is 18.7. The number of hydrogen-bond donors (Lipinski definition) is 2. The van der Waals surface area contributed by atoms with Gasteiger partial charge in [0.1, 0.15) is 0 Å². The van der Waals surface area contributed by atoms with Crippen molar-refractivity contribution in [3.63, 3.8) is 0 Å². The van der Waals surface area contributed by atoms with Gasteiger partial charge in [-0.05, 0) is 30.5 Å². The predicted molar refractivity (Wildman–Crippen MR) is 111 cm³/mol. The van der Waals surface area contributed by atoms with Crippen molar-refractivity contribution in [2.24, 2.45) is 4.99 Å². The van der Waals surface area contributed by atoms with Crippen molar-refractivity contribution in [1.29, 1.82) is 0 Å². The zero-order valence-corrected chi connectivity index (χ0v) is 16.4. The van der Waals surface area contributed by atoms with E-state index in [0.29, 0.717) is 26.4 Å². The second-order valence-corrected chi connectivity index (χ2v) is 6.10. The maximum absolute atomic E-state index is 5.64. The van der Waals surface area contributed by atoms with Gasteiger partial charge in [0.2, 0.25) is 0 Å². The molecule has 0 fully saturated rings. The van der Waals surface area contributed by atoms with E-state index < -0.39 is 0 Å². The summed E-state index contributed by atoms with van der Waals surface area (Å²) in [6.45, 7) is 8.83. The van der Waals surface area contributed by atoms with E-state index in [2.05, 4.69) is 54.0 Å². The van der Waals surface area contributed by atoms with Crippen molar-refractivity contribution in [2.75, 3.05) is 26.4 Å². The van der Waals surface area contributed by atoms with Gasteiger partial charge in [-0.3, -0.25) is 0 Å². The lowest BCUT2D eigenvalue weighted by atomic mass is 10.1. The minimum absolute atomic E-state index is 0.594. The molecule has 2 N–H and O–H groups in total. The van der Waals surface area contributed by atoms with Crippen molar-refractivity contribution in [1.82, 2.24) is 10.6 Å². The summed E-state index contributed by atoms with van der Waals surface area (Å²) in [4.78, 5) is 4.69. The lowest BCUT2D eigenvalue weighted by Gasteiger charge is -2.11. The smallest absolute Gasteiger partial charge is 0.191 e. The van der Waals surface area contributed by atoms with Crippen molar-refractivity contribution in [2.45, 2.75) is 33.5 Å². The molecule has 2 aromatic rings. The molecule has 0 atom stereocenters. The van der Waals surface area contributed by atoms with Gasteiger partial charge in [0, 0.05) is 19.7 Å². The van der Waals surface area contributed by atoms with Gasteiger partial charge in [0.15, 0.2) is 5.96 Å². The van der Waals surface area contributed by atoms with Gasteiger partial charge in [-0.15, -0.1) is 0 Å². The van der Waals surface area contributed by atoms with Crippen LogP contribution in [-0.4, -0.2) is 32.3 Å². The molecule has 0 spiro atoms. The third-order valence-corrected chi connectivity index (χ3v) is 3.90. The van der Waals surface area contributed by atoms with Gasteiger partial charge in [-0.25, -0.2) is 4.99 Å². The van der Waals surface area contributed by atoms with Crippen LogP contribution in [-0.2, 0) is 29.2 Å². The number of ether oxygens (including phenoxy) is 2. The molecular weight excluding hydrogens is 338 g/mol. The lowest BCUT2D eigenvalue weighted by molar-refractivity contribution is 0.0453. The summed E-state index contributed by atoms with van der Waals surface area (Å²) in [5.41, 5.74) is 3.55. The molecule has 2 rings (SSSR count). The average molecular weight is 370 g/mol. The first kappa shape index (κ1) is 20.9. The number of rotatable bonds is 11. The molecule has 0 saturated carbocycles. The summed E-state index contributed by atoms with van der Waals surface area (Å²) in [5, 5.41) is 6.67. The van der Waals surface area contributed by atoms with E-state index in [1.54, 1.807) is 0 Å².